The number of halogens is 1. The lowest BCUT2D eigenvalue weighted by molar-refractivity contribution is -0.139. The van der Waals surface area contributed by atoms with Crippen molar-refractivity contribution in [3.63, 3.8) is 0 Å². The van der Waals surface area contributed by atoms with Crippen LogP contribution in [-0.4, -0.2) is 35.7 Å². The highest BCUT2D eigenvalue weighted by atomic mass is 127. The lowest BCUT2D eigenvalue weighted by Gasteiger charge is -2.19. The van der Waals surface area contributed by atoms with Gasteiger partial charge in [0.1, 0.15) is 12.6 Å². The van der Waals surface area contributed by atoms with E-state index in [4.69, 9.17) is 4.74 Å². The molecule has 0 radical (unpaired) electrons. The summed E-state index contributed by atoms with van der Waals surface area (Å²) >= 11 is 2.15. The van der Waals surface area contributed by atoms with Crippen LogP contribution in [0.15, 0.2) is 66.7 Å². The lowest BCUT2D eigenvalue weighted by Crippen LogP contribution is -2.45. The molecule has 0 aliphatic heterocycles. The van der Waals surface area contributed by atoms with Gasteiger partial charge in [-0.25, -0.2) is 4.79 Å². The minimum absolute atomic E-state index is 0.0667. The SMILES string of the molecule is Cc1c(I)cccc1NC(=O)C(CC(=O)O)NC(=O)OCC1c2ccccc2-c2ccccc21. The second-order valence-electron chi connectivity index (χ2n) is 8.02. The van der Waals surface area contributed by atoms with Gasteiger partial charge in [-0.05, 0) is 69.5 Å². The fourth-order valence-corrected chi connectivity index (χ4v) is 4.63. The molecular formula is C26H23IN2O5. The average molecular weight is 570 g/mol. The Kier molecular flexibility index (Phi) is 7.16. The summed E-state index contributed by atoms with van der Waals surface area (Å²) in [7, 11) is 0. The molecule has 0 saturated carbocycles. The number of amides is 2. The summed E-state index contributed by atoms with van der Waals surface area (Å²) in [5, 5.41) is 14.4. The molecule has 3 aromatic rings. The highest BCUT2D eigenvalue weighted by molar-refractivity contribution is 14.1. The Morgan fingerprint density at radius 2 is 1.59 bits per heavy atom. The Morgan fingerprint density at radius 1 is 0.971 bits per heavy atom. The van der Waals surface area contributed by atoms with Gasteiger partial charge >= 0.3 is 12.1 Å². The number of carbonyl (C=O) groups is 3. The van der Waals surface area contributed by atoms with E-state index in [1.165, 1.54) is 0 Å². The number of hydrogen-bond donors (Lipinski definition) is 3. The van der Waals surface area contributed by atoms with Crippen LogP contribution in [0.25, 0.3) is 11.1 Å². The Balaban J connectivity index is 1.44. The van der Waals surface area contributed by atoms with E-state index in [2.05, 4.69) is 33.2 Å². The highest BCUT2D eigenvalue weighted by Gasteiger charge is 2.30. The number of carbonyl (C=O) groups excluding carboxylic acids is 2. The summed E-state index contributed by atoms with van der Waals surface area (Å²) in [6.45, 7) is 1.92. The topological polar surface area (TPSA) is 105 Å². The Labute approximate surface area is 210 Å². The lowest BCUT2D eigenvalue weighted by atomic mass is 9.98. The molecule has 0 heterocycles. The molecule has 3 aromatic carbocycles. The van der Waals surface area contributed by atoms with Gasteiger partial charge < -0.3 is 20.5 Å². The number of carboxylic acid groups (broad SMARTS) is 1. The molecule has 0 bridgehead atoms. The smallest absolute Gasteiger partial charge is 0.407 e. The predicted molar refractivity (Wildman–Crippen MR) is 137 cm³/mol. The van der Waals surface area contributed by atoms with Crippen LogP contribution in [0.3, 0.4) is 0 Å². The maximum Gasteiger partial charge on any atom is 0.407 e. The zero-order valence-corrected chi connectivity index (χ0v) is 20.5. The van der Waals surface area contributed by atoms with E-state index < -0.39 is 30.4 Å². The van der Waals surface area contributed by atoms with Gasteiger partial charge in [-0.2, -0.15) is 0 Å². The van der Waals surface area contributed by atoms with E-state index >= 15 is 0 Å². The number of benzene rings is 3. The fourth-order valence-electron chi connectivity index (χ4n) is 4.13. The van der Waals surface area contributed by atoms with E-state index in [0.717, 1.165) is 31.4 Å². The van der Waals surface area contributed by atoms with Crippen molar-refractivity contribution >= 4 is 46.2 Å². The maximum absolute atomic E-state index is 12.8. The average Bonchev–Trinajstić information content (AvgIpc) is 3.14. The molecular weight excluding hydrogens is 547 g/mol. The molecule has 3 N–H and O–H groups in total. The molecule has 1 atom stereocenters. The Hall–Kier alpha value is -3.40. The molecule has 34 heavy (non-hydrogen) atoms. The summed E-state index contributed by atoms with van der Waals surface area (Å²) < 4.78 is 6.42. The van der Waals surface area contributed by atoms with Crippen molar-refractivity contribution in [3.8, 4) is 11.1 Å². The van der Waals surface area contributed by atoms with E-state index in [-0.39, 0.29) is 12.5 Å². The van der Waals surface area contributed by atoms with Crippen molar-refractivity contribution in [2.75, 3.05) is 11.9 Å². The number of ether oxygens (including phenoxy) is 1. The normalized spacial score (nSPS) is 12.9. The van der Waals surface area contributed by atoms with Crippen LogP contribution in [0, 0.1) is 10.5 Å². The molecule has 0 saturated heterocycles. The van der Waals surface area contributed by atoms with Gasteiger partial charge in [0.2, 0.25) is 5.91 Å². The molecule has 174 valence electrons. The monoisotopic (exact) mass is 570 g/mol. The third-order valence-electron chi connectivity index (χ3n) is 5.86. The number of anilines is 1. The van der Waals surface area contributed by atoms with Gasteiger partial charge in [0.25, 0.3) is 0 Å². The molecule has 4 rings (SSSR count). The van der Waals surface area contributed by atoms with Crippen molar-refractivity contribution in [2.24, 2.45) is 0 Å². The second kappa shape index (κ2) is 10.3. The number of carboxylic acids is 1. The first-order valence-electron chi connectivity index (χ1n) is 10.7. The molecule has 7 nitrogen and oxygen atoms in total. The summed E-state index contributed by atoms with van der Waals surface area (Å²) in [4.78, 5) is 36.7. The van der Waals surface area contributed by atoms with Crippen LogP contribution >= 0.6 is 22.6 Å². The molecule has 1 aliphatic rings. The van der Waals surface area contributed by atoms with Gasteiger partial charge in [-0.15, -0.1) is 0 Å². The third kappa shape index (κ3) is 5.06. The van der Waals surface area contributed by atoms with Crippen molar-refractivity contribution < 1.29 is 24.2 Å². The zero-order valence-electron chi connectivity index (χ0n) is 18.4. The minimum atomic E-state index is -1.29. The van der Waals surface area contributed by atoms with Gasteiger partial charge in [0.05, 0.1) is 6.42 Å². The van der Waals surface area contributed by atoms with Gasteiger partial charge in [0, 0.05) is 15.2 Å². The molecule has 2 amide bonds. The Bertz CT molecular complexity index is 1210. The van der Waals surface area contributed by atoms with E-state index in [1.54, 1.807) is 12.1 Å². The van der Waals surface area contributed by atoms with E-state index in [1.807, 2.05) is 61.5 Å². The van der Waals surface area contributed by atoms with Gasteiger partial charge in [-0.3, -0.25) is 9.59 Å². The van der Waals surface area contributed by atoms with Gasteiger partial charge in [0.15, 0.2) is 0 Å². The summed E-state index contributed by atoms with van der Waals surface area (Å²) in [6.07, 6.45) is -1.42. The zero-order chi connectivity index (χ0) is 24.2. The molecule has 0 aromatic heterocycles. The maximum atomic E-state index is 12.8. The first-order chi connectivity index (χ1) is 16.3. The largest absolute Gasteiger partial charge is 0.481 e. The van der Waals surface area contributed by atoms with E-state index in [9.17, 15) is 19.5 Å². The van der Waals surface area contributed by atoms with Crippen LogP contribution in [0.4, 0.5) is 10.5 Å². The quantitative estimate of drug-likeness (QED) is 0.350. The first-order valence-corrected chi connectivity index (χ1v) is 11.8. The number of aliphatic carboxylic acids is 1. The number of nitrogens with one attached hydrogen (secondary N) is 2. The summed E-state index contributed by atoms with van der Waals surface area (Å²) in [6, 6.07) is 20.0. The van der Waals surface area contributed by atoms with Crippen molar-refractivity contribution in [1.29, 1.82) is 0 Å². The number of rotatable bonds is 7. The molecule has 0 fully saturated rings. The standard InChI is InChI=1S/C26H23IN2O5/c1-15-21(27)11-6-12-22(15)28-25(32)23(13-24(30)31)29-26(33)34-14-20-18-9-4-2-7-16(18)17-8-3-5-10-19(17)20/h2-12,20,23H,13-14H2,1H3,(H,28,32)(H,29,33)(H,30,31). The number of fused-ring (bicyclic) bond motifs is 3. The van der Waals surface area contributed by atoms with Crippen molar-refractivity contribution in [3.05, 3.63) is 87.0 Å². The predicted octanol–water partition coefficient (Wildman–Crippen LogP) is 4.92. The van der Waals surface area contributed by atoms with E-state index in [0.29, 0.717) is 5.69 Å². The van der Waals surface area contributed by atoms with Crippen LogP contribution in [0.5, 0.6) is 0 Å². The molecule has 1 aliphatic carbocycles. The molecule has 1 unspecified atom stereocenters. The fraction of sp³-hybridized carbons (Fsp3) is 0.192. The molecule has 8 heteroatoms. The second-order valence-corrected chi connectivity index (χ2v) is 9.18. The van der Waals surface area contributed by atoms with Crippen LogP contribution in [0.1, 0.15) is 29.0 Å². The summed E-state index contributed by atoms with van der Waals surface area (Å²) in [5.41, 5.74) is 5.73. The minimum Gasteiger partial charge on any atom is -0.481 e. The highest BCUT2D eigenvalue weighted by Crippen LogP contribution is 2.44. The van der Waals surface area contributed by atoms with Gasteiger partial charge in [-0.1, -0.05) is 54.6 Å². The van der Waals surface area contributed by atoms with Crippen LogP contribution in [-0.2, 0) is 14.3 Å². The van der Waals surface area contributed by atoms with Crippen molar-refractivity contribution in [2.45, 2.75) is 25.3 Å². The Morgan fingerprint density at radius 3 is 2.21 bits per heavy atom. The summed E-state index contributed by atoms with van der Waals surface area (Å²) in [5.74, 6) is -1.97. The van der Waals surface area contributed by atoms with Crippen LogP contribution < -0.4 is 10.6 Å². The molecule has 0 spiro atoms. The van der Waals surface area contributed by atoms with Crippen LogP contribution in [0.2, 0.25) is 0 Å². The van der Waals surface area contributed by atoms with Crippen molar-refractivity contribution in [1.82, 2.24) is 5.32 Å². The number of hydrogen-bond acceptors (Lipinski definition) is 4. The third-order valence-corrected chi connectivity index (χ3v) is 7.03. The first kappa shape index (κ1) is 23.7. The number of alkyl carbamates (subject to hydrolysis) is 1.